The molecule has 3 N–H and O–H groups in total. The first kappa shape index (κ1) is 17.3. The van der Waals surface area contributed by atoms with Crippen molar-refractivity contribution >= 4 is 23.3 Å². The summed E-state index contributed by atoms with van der Waals surface area (Å²) >= 11 is 0. The first-order valence-electron chi connectivity index (χ1n) is 7.07. The molecule has 0 spiro atoms. The van der Waals surface area contributed by atoms with Crippen molar-refractivity contribution in [1.29, 1.82) is 0 Å². The summed E-state index contributed by atoms with van der Waals surface area (Å²) in [4.78, 5) is 23.8. The van der Waals surface area contributed by atoms with E-state index in [0.717, 1.165) is 17.7 Å². The number of hydrogen-bond acceptors (Lipinski definition) is 5. The lowest BCUT2D eigenvalue weighted by atomic mass is 10.2. The number of aryl methyl sites for hydroxylation is 1. The van der Waals surface area contributed by atoms with E-state index in [1.54, 1.807) is 12.1 Å². The van der Waals surface area contributed by atoms with Crippen LogP contribution in [0.15, 0.2) is 36.4 Å². The molecule has 0 aliphatic carbocycles. The minimum absolute atomic E-state index is 0.00247. The minimum atomic E-state index is -0.807. The van der Waals surface area contributed by atoms with Crippen LogP contribution in [-0.2, 0) is 9.53 Å². The van der Waals surface area contributed by atoms with Crippen molar-refractivity contribution in [3.05, 3.63) is 53.3 Å². The number of rotatable bonds is 5. The largest absolute Gasteiger partial charge is 0.495 e. The molecule has 0 aliphatic heterocycles. The van der Waals surface area contributed by atoms with Gasteiger partial charge in [-0.15, -0.1) is 0 Å². The topological polar surface area (TPSA) is 90.6 Å². The smallest absolute Gasteiger partial charge is 0.340 e. The fraction of sp³-hybridized carbons (Fsp3) is 0.176. The van der Waals surface area contributed by atoms with Crippen molar-refractivity contribution in [1.82, 2.24) is 0 Å². The molecule has 2 aromatic rings. The van der Waals surface area contributed by atoms with Gasteiger partial charge in [-0.2, -0.15) is 0 Å². The first-order chi connectivity index (χ1) is 11.4. The number of nitrogen functional groups attached to an aromatic ring is 1. The lowest BCUT2D eigenvalue weighted by Gasteiger charge is -2.11. The molecular formula is C17H17FN2O4. The average Bonchev–Trinajstić information content (AvgIpc) is 2.53. The highest BCUT2D eigenvalue weighted by atomic mass is 19.1. The molecule has 6 nitrogen and oxygen atoms in total. The molecule has 0 radical (unpaired) electrons. The molecular weight excluding hydrogens is 315 g/mol. The monoisotopic (exact) mass is 332 g/mol. The maximum Gasteiger partial charge on any atom is 0.340 e. The Hall–Kier alpha value is -3.09. The number of benzene rings is 2. The Morgan fingerprint density at radius 1 is 1.21 bits per heavy atom. The van der Waals surface area contributed by atoms with E-state index in [1.165, 1.54) is 13.2 Å². The fourth-order valence-corrected chi connectivity index (χ4v) is 2.03. The molecule has 126 valence electrons. The van der Waals surface area contributed by atoms with Gasteiger partial charge in [0.15, 0.2) is 6.61 Å². The highest BCUT2D eigenvalue weighted by molar-refractivity contribution is 5.98. The number of ether oxygens (including phenoxy) is 2. The summed E-state index contributed by atoms with van der Waals surface area (Å²) in [5, 5.41) is 2.60. The zero-order valence-electron chi connectivity index (χ0n) is 13.3. The summed E-state index contributed by atoms with van der Waals surface area (Å²) in [6.45, 7) is 1.36. The zero-order chi connectivity index (χ0) is 17.7. The first-order valence-corrected chi connectivity index (χ1v) is 7.07. The van der Waals surface area contributed by atoms with Crippen LogP contribution in [0.25, 0.3) is 0 Å². The molecule has 0 fully saturated rings. The van der Waals surface area contributed by atoms with E-state index in [2.05, 4.69) is 5.32 Å². The number of hydrogen-bond donors (Lipinski definition) is 2. The highest BCUT2D eigenvalue weighted by Crippen LogP contribution is 2.25. The molecule has 0 atom stereocenters. The highest BCUT2D eigenvalue weighted by Gasteiger charge is 2.15. The van der Waals surface area contributed by atoms with Crippen LogP contribution >= 0.6 is 0 Å². The molecule has 0 saturated heterocycles. The van der Waals surface area contributed by atoms with E-state index in [9.17, 15) is 14.0 Å². The van der Waals surface area contributed by atoms with Gasteiger partial charge in [0.05, 0.1) is 18.4 Å². The number of carbonyl (C=O) groups excluding carboxylic acids is 2. The van der Waals surface area contributed by atoms with E-state index >= 15 is 0 Å². The Morgan fingerprint density at radius 3 is 2.62 bits per heavy atom. The summed E-state index contributed by atoms with van der Waals surface area (Å²) in [5.74, 6) is -1.41. The van der Waals surface area contributed by atoms with Crippen LogP contribution in [0.5, 0.6) is 5.75 Å². The van der Waals surface area contributed by atoms with Crippen LogP contribution in [0.3, 0.4) is 0 Å². The van der Waals surface area contributed by atoms with Gasteiger partial charge in [0.25, 0.3) is 5.91 Å². The van der Waals surface area contributed by atoms with Crippen molar-refractivity contribution in [2.75, 3.05) is 24.8 Å². The summed E-state index contributed by atoms with van der Waals surface area (Å²) in [5.41, 5.74) is 6.90. The van der Waals surface area contributed by atoms with Crippen LogP contribution in [0.2, 0.25) is 0 Å². The van der Waals surface area contributed by atoms with Crippen molar-refractivity contribution < 1.29 is 23.5 Å². The molecule has 0 bridgehead atoms. The summed E-state index contributed by atoms with van der Waals surface area (Å²) in [6.07, 6.45) is 0. The van der Waals surface area contributed by atoms with Crippen LogP contribution in [-0.4, -0.2) is 25.6 Å². The molecule has 7 heteroatoms. The molecule has 0 aromatic heterocycles. The van der Waals surface area contributed by atoms with E-state index < -0.39 is 24.3 Å². The van der Waals surface area contributed by atoms with Gasteiger partial charge in [0.2, 0.25) is 0 Å². The number of amides is 1. The number of nitrogens with one attached hydrogen (secondary N) is 1. The van der Waals surface area contributed by atoms with E-state index in [-0.39, 0.29) is 11.3 Å². The number of methoxy groups -OCH3 is 1. The molecule has 24 heavy (non-hydrogen) atoms. The Kier molecular flexibility index (Phi) is 5.36. The van der Waals surface area contributed by atoms with Gasteiger partial charge in [0.1, 0.15) is 11.6 Å². The fourth-order valence-electron chi connectivity index (χ4n) is 2.03. The molecule has 0 unspecified atom stereocenters. The van der Waals surface area contributed by atoms with Gasteiger partial charge < -0.3 is 20.5 Å². The minimum Gasteiger partial charge on any atom is -0.495 e. The van der Waals surface area contributed by atoms with E-state index in [4.69, 9.17) is 15.2 Å². The molecule has 2 aromatic carbocycles. The molecule has 0 heterocycles. The standard InChI is InChI=1S/C17H17FN2O4/c1-10-3-6-15(23-2)14(7-10)20-16(21)9-24-17(22)12-5-4-11(18)8-13(12)19/h3-8H,9,19H2,1-2H3,(H,20,21). The molecule has 0 saturated carbocycles. The number of esters is 1. The maximum absolute atomic E-state index is 13.0. The van der Waals surface area contributed by atoms with Gasteiger partial charge in [-0.05, 0) is 42.8 Å². The van der Waals surface area contributed by atoms with Gasteiger partial charge in [-0.3, -0.25) is 4.79 Å². The molecule has 2 rings (SSSR count). The van der Waals surface area contributed by atoms with Crippen molar-refractivity contribution in [3.8, 4) is 5.75 Å². The van der Waals surface area contributed by atoms with E-state index in [1.807, 2.05) is 13.0 Å². The molecule has 0 aliphatic rings. The normalized spacial score (nSPS) is 10.1. The summed E-state index contributed by atoms with van der Waals surface area (Å²) < 4.78 is 23.0. The third-order valence-corrected chi connectivity index (χ3v) is 3.20. The third kappa shape index (κ3) is 4.22. The second-order valence-electron chi connectivity index (χ2n) is 5.06. The van der Waals surface area contributed by atoms with Gasteiger partial charge >= 0.3 is 5.97 Å². The second kappa shape index (κ2) is 7.45. The van der Waals surface area contributed by atoms with Crippen LogP contribution < -0.4 is 15.8 Å². The van der Waals surface area contributed by atoms with Gasteiger partial charge in [-0.25, -0.2) is 9.18 Å². The summed E-state index contributed by atoms with van der Waals surface area (Å²) in [7, 11) is 1.48. The van der Waals surface area contributed by atoms with Gasteiger partial charge in [-0.1, -0.05) is 6.07 Å². The Bertz CT molecular complexity index is 777. The number of carbonyl (C=O) groups is 2. The SMILES string of the molecule is COc1ccc(C)cc1NC(=O)COC(=O)c1ccc(F)cc1N. The number of anilines is 2. The Morgan fingerprint density at radius 2 is 1.96 bits per heavy atom. The molecule has 1 amide bonds. The predicted octanol–water partition coefficient (Wildman–Crippen LogP) is 2.52. The Labute approximate surface area is 138 Å². The number of nitrogens with two attached hydrogens (primary N) is 1. The van der Waals surface area contributed by atoms with Gasteiger partial charge in [0, 0.05) is 5.69 Å². The van der Waals surface area contributed by atoms with Crippen LogP contribution in [0.1, 0.15) is 15.9 Å². The predicted molar refractivity (Wildman–Crippen MR) is 87.5 cm³/mol. The van der Waals surface area contributed by atoms with Crippen LogP contribution in [0, 0.1) is 12.7 Å². The lowest BCUT2D eigenvalue weighted by molar-refractivity contribution is -0.119. The van der Waals surface area contributed by atoms with Crippen molar-refractivity contribution in [2.45, 2.75) is 6.92 Å². The van der Waals surface area contributed by atoms with Crippen LogP contribution in [0.4, 0.5) is 15.8 Å². The number of halogens is 1. The lowest BCUT2D eigenvalue weighted by Crippen LogP contribution is -2.21. The van der Waals surface area contributed by atoms with E-state index in [0.29, 0.717) is 11.4 Å². The van der Waals surface area contributed by atoms with Crippen molar-refractivity contribution in [3.63, 3.8) is 0 Å². The van der Waals surface area contributed by atoms with Crippen molar-refractivity contribution in [2.24, 2.45) is 0 Å². The Balaban J connectivity index is 1.98. The quantitative estimate of drug-likeness (QED) is 0.648. The second-order valence-corrected chi connectivity index (χ2v) is 5.06. The third-order valence-electron chi connectivity index (χ3n) is 3.20. The summed E-state index contributed by atoms with van der Waals surface area (Å²) in [6, 6.07) is 8.59. The zero-order valence-corrected chi connectivity index (χ0v) is 13.3. The average molecular weight is 332 g/mol. The maximum atomic E-state index is 13.0.